The molecule has 4 aromatic rings. The lowest BCUT2D eigenvalue weighted by Crippen LogP contribution is -2.06. The Kier molecular flexibility index (Phi) is 3.48. The lowest BCUT2D eigenvalue weighted by atomic mass is 10.0. The van der Waals surface area contributed by atoms with Crippen molar-refractivity contribution in [2.75, 3.05) is 5.32 Å². The molecule has 4 nitrogen and oxygen atoms in total. The van der Waals surface area contributed by atoms with Crippen molar-refractivity contribution in [3.8, 4) is 0 Å². The number of nitrogens with one attached hydrogen (secondary N) is 1. The third-order valence-corrected chi connectivity index (χ3v) is 4.82. The van der Waals surface area contributed by atoms with Gasteiger partial charge >= 0.3 is 0 Å². The zero-order chi connectivity index (χ0) is 17.7. The van der Waals surface area contributed by atoms with Crippen LogP contribution in [0.4, 0.5) is 11.5 Å². The highest BCUT2D eigenvalue weighted by molar-refractivity contribution is 6.32. The molecular weight excluding hydrogens is 367 g/mol. The number of anilines is 2. The van der Waals surface area contributed by atoms with Gasteiger partial charge in [0.25, 0.3) is 0 Å². The van der Waals surface area contributed by atoms with Gasteiger partial charge in [0.15, 0.2) is 5.82 Å². The Balaban J connectivity index is 1.84. The first-order valence-electron chi connectivity index (χ1n) is 8.09. The van der Waals surface area contributed by atoms with Crippen LogP contribution in [0.2, 0.25) is 10.0 Å². The van der Waals surface area contributed by atoms with Gasteiger partial charge < -0.3 is 5.32 Å². The third-order valence-electron chi connectivity index (χ3n) is 4.35. The van der Waals surface area contributed by atoms with E-state index in [1.165, 1.54) is 0 Å². The molecule has 0 aliphatic carbocycles. The summed E-state index contributed by atoms with van der Waals surface area (Å²) in [5, 5.41) is 15.1. The van der Waals surface area contributed by atoms with E-state index in [0.717, 1.165) is 39.2 Å². The molecule has 0 bridgehead atoms. The van der Waals surface area contributed by atoms with E-state index in [4.69, 9.17) is 28.3 Å². The summed E-state index contributed by atoms with van der Waals surface area (Å²) in [6.07, 6.45) is 0. The third kappa shape index (κ3) is 2.46. The van der Waals surface area contributed by atoms with Crippen LogP contribution in [0.1, 0.15) is 11.1 Å². The average molecular weight is 379 g/mol. The van der Waals surface area contributed by atoms with Crippen LogP contribution in [0.25, 0.3) is 10.9 Å². The van der Waals surface area contributed by atoms with Crippen LogP contribution >= 0.6 is 23.2 Å². The summed E-state index contributed by atoms with van der Waals surface area (Å²) in [4.78, 5) is 1.62. The van der Waals surface area contributed by atoms with Gasteiger partial charge in [0, 0.05) is 32.2 Å². The Morgan fingerprint density at radius 1 is 0.846 bits per heavy atom. The van der Waals surface area contributed by atoms with Crippen molar-refractivity contribution in [1.29, 1.82) is 0 Å². The predicted molar refractivity (Wildman–Crippen MR) is 107 cm³/mol. The molecule has 0 fully saturated rings. The number of hydrogen-bond donors (Lipinski definition) is 1. The minimum atomic E-state index is 0.654. The number of benzene rings is 3. The van der Waals surface area contributed by atoms with Crippen molar-refractivity contribution < 1.29 is 0 Å². The van der Waals surface area contributed by atoms with Crippen LogP contribution in [-0.4, -0.2) is 15.6 Å². The van der Waals surface area contributed by atoms with Gasteiger partial charge in [-0.2, -0.15) is 0 Å². The van der Waals surface area contributed by atoms with Crippen molar-refractivity contribution in [1.82, 2.24) is 9.89 Å². The molecule has 0 saturated heterocycles. The van der Waals surface area contributed by atoms with Crippen LogP contribution < -0.4 is 5.32 Å². The molecule has 1 aliphatic rings. The lowest BCUT2D eigenvalue weighted by molar-refractivity contribution is 0.764. The normalized spacial score (nSPS) is 12.8. The fourth-order valence-corrected chi connectivity index (χ4v) is 3.49. The summed E-state index contributed by atoms with van der Waals surface area (Å²) in [5.74, 6) is 0.775. The molecule has 0 saturated carbocycles. The van der Waals surface area contributed by atoms with Crippen LogP contribution in [0.3, 0.4) is 0 Å². The van der Waals surface area contributed by atoms with Gasteiger partial charge in [-0.1, -0.05) is 53.5 Å². The molecule has 5 rings (SSSR count). The number of fused-ring (bicyclic) bond motifs is 4. The minimum Gasteiger partial charge on any atom is -0.338 e. The van der Waals surface area contributed by atoms with Gasteiger partial charge in [-0.25, -0.2) is 0 Å². The van der Waals surface area contributed by atoms with E-state index in [9.17, 15) is 0 Å². The molecule has 0 amide bonds. The second kappa shape index (κ2) is 5.87. The molecule has 1 N–H and O–H groups in total. The van der Waals surface area contributed by atoms with Gasteiger partial charge in [0.05, 0.1) is 5.52 Å². The molecule has 0 unspecified atom stereocenters. The number of rotatable bonds is 1. The Morgan fingerprint density at radius 2 is 1.62 bits per heavy atom. The minimum absolute atomic E-state index is 0.654. The molecule has 126 valence electrons. The number of nitrogens with zero attached hydrogens (tertiary/aromatic N) is 3. The monoisotopic (exact) mass is 378 g/mol. The second-order valence-electron chi connectivity index (χ2n) is 6.03. The molecular formula is C20H12Cl2N4. The van der Waals surface area contributed by atoms with Gasteiger partial charge in [0.2, 0.25) is 0 Å². The van der Waals surface area contributed by atoms with Crippen LogP contribution in [-0.2, 0) is 0 Å². The van der Waals surface area contributed by atoms with E-state index >= 15 is 0 Å². The van der Waals surface area contributed by atoms with Crippen molar-refractivity contribution >= 4 is 51.3 Å². The first kappa shape index (κ1) is 15.4. The SMILES string of the molecule is Clc1ccc2c(c1)C(c1ccccc1)=Nn1nc3ccc(Cl)cc3c1N2. The van der Waals surface area contributed by atoms with Crippen LogP contribution in [0.15, 0.2) is 71.8 Å². The lowest BCUT2D eigenvalue weighted by Gasteiger charge is -2.10. The van der Waals surface area contributed by atoms with Crippen molar-refractivity contribution in [3.05, 3.63) is 87.9 Å². The number of aromatic nitrogens is 2. The Morgan fingerprint density at radius 3 is 2.46 bits per heavy atom. The maximum absolute atomic E-state index is 6.26. The Bertz CT molecular complexity index is 1180. The highest BCUT2D eigenvalue weighted by Gasteiger charge is 2.21. The summed E-state index contributed by atoms with van der Waals surface area (Å²) in [7, 11) is 0. The zero-order valence-electron chi connectivity index (χ0n) is 13.4. The van der Waals surface area contributed by atoms with E-state index < -0.39 is 0 Å². The Labute approximate surface area is 159 Å². The summed E-state index contributed by atoms with van der Waals surface area (Å²) in [6.45, 7) is 0. The smallest absolute Gasteiger partial charge is 0.162 e. The first-order valence-corrected chi connectivity index (χ1v) is 8.84. The Hall–Kier alpha value is -2.82. The highest BCUT2D eigenvalue weighted by atomic mass is 35.5. The zero-order valence-corrected chi connectivity index (χ0v) is 15.0. The van der Waals surface area contributed by atoms with Gasteiger partial charge in [0.1, 0.15) is 5.71 Å². The van der Waals surface area contributed by atoms with Gasteiger partial charge in [-0.3, -0.25) is 0 Å². The standard InChI is InChI=1S/C20H12Cl2N4/c21-13-6-8-17-15(10-13)19(12-4-2-1-3-5-12)25-26-20(23-17)16-11-14(22)7-9-18(16)24-26/h1-11,23H. The highest BCUT2D eigenvalue weighted by Crippen LogP contribution is 2.34. The fraction of sp³-hybridized carbons (Fsp3) is 0. The quantitative estimate of drug-likeness (QED) is 0.406. The topological polar surface area (TPSA) is 42.2 Å². The number of halogens is 2. The van der Waals surface area contributed by atoms with E-state index in [0.29, 0.717) is 10.0 Å². The molecule has 6 heteroatoms. The number of hydrogen-bond acceptors (Lipinski definition) is 3. The van der Waals surface area contributed by atoms with E-state index in [1.807, 2.05) is 66.7 Å². The largest absolute Gasteiger partial charge is 0.338 e. The average Bonchev–Trinajstić information content (AvgIpc) is 2.89. The molecule has 1 aromatic heterocycles. The van der Waals surface area contributed by atoms with Gasteiger partial charge in [-0.05, 0) is 36.4 Å². The molecule has 0 atom stereocenters. The maximum Gasteiger partial charge on any atom is 0.162 e. The summed E-state index contributed by atoms with van der Waals surface area (Å²) < 4.78 is 0. The molecule has 26 heavy (non-hydrogen) atoms. The van der Waals surface area contributed by atoms with E-state index in [2.05, 4.69) is 10.4 Å². The van der Waals surface area contributed by atoms with E-state index in [-0.39, 0.29) is 0 Å². The summed E-state index contributed by atoms with van der Waals surface area (Å²) in [6, 6.07) is 21.3. The van der Waals surface area contributed by atoms with Crippen molar-refractivity contribution in [2.24, 2.45) is 5.10 Å². The summed E-state index contributed by atoms with van der Waals surface area (Å²) in [5.41, 5.74) is 4.45. The summed E-state index contributed by atoms with van der Waals surface area (Å²) >= 11 is 12.4. The van der Waals surface area contributed by atoms with E-state index in [1.54, 1.807) is 4.79 Å². The van der Waals surface area contributed by atoms with Crippen molar-refractivity contribution in [2.45, 2.75) is 0 Å². The predicted octanol–water partition coefficient (Wildman–Crippen LogP) is 5.70. The molecule has 2 heterocycles. The first-order chi connectivity index (χ1) is 12.7. The van der Waals surface area contributed by atoms with Crippen LogP contribution in [0, 0.1) is 0 Å². The van der Waals surface area contributed by atoms with Crippen molar-refractivity contribution in [3.63, 3.8) is 0 Å². The van der Waals surface area contributed by atoms with Crippen LogP contribution in [0.5, 0.6) is 0 Å². The molecule has 1 aliphatic heterocycles. The maximum atomic E-state index is 6.26. The molecule has 0 radical (unpaired) electrons. The van der Waals surface area contributed by atoms with Gasteiger partial charge in [-0.15, -0.1) is 15.0 Å². The molecule has 3 aromatic carbocycles. The second-order valence-corrected chi connectivity index (χ2v) is 6.90. The molecule has 0 spiro atoms. The fourth-order valence-electron chi connectivity index (χ4n) is 3.14.